The molecule has 3 atom stereocenters. The van der Waals surface area contributed by atoms with Gasteiger partial charge in [-0.25, -0.2) is 18.0 Å². The van der Waals surface area contributed by atoms with Crippen LogP contribution in [0.1, 0.15) is 19.8 Å². The molecule has 2 amide bonds. The summed E-state index contributed by atoms with van der Waals surface area (Å²) in [4.78, 5) is 24.5. The van der Waals surface area contributed by atoms with Crippen LogP contribution in [0.25, 0.3) is 0 Å². The highest BCUT2D eigenvalue weighted by Gasteiger charge is 2.29. The highest BCUT2D eigenvalue weighted by Crippen LogP contribution is 2.16. The molecule has 0 aliphatic carbocycles. The van der Waals surface area contributed by atoms with Crippen molar-refractivity contribution >= 4 is 21.8 Å². The van der Waals surface area contributed by atoms with Gasteiger partial charge in [0, 0.05) is 19.3 Å². The van der Waals surface area contributed by atoms with Crippen molar-refractivity contribution in [3.8, 4) is 0 Å². The van der Waals surface area contributed by atoms with E-state index in [0.717, 1.165) is 6.26 Å². The maximum absolute atomic E-state index is 12.0. The van der Waals surface area contributed by atoms with Gasteiger partial charge in [-0.2, -0.15) is 0 Å². The van der Waals surface area contributed by atoms with Crippen molar-refractivity contribution in [2.24, 2.45) is 5.92 Å². The molecule has 1 aliphatic rings. The minimum Gasteiger partial charge on any atom is -0.480 e. The summed E-state index contributed by atoms with van der Waals surface area (Å²) in [5.41, 5.74) is 0. The van der Waals surface area contributed by atoms with Crippen LogP contribution in [-0.4, -0.2) is 72.8 Å². The van der Waals surface area contributed by atoms with Crippen LogP contribution >= 0.6 is 0 Å². The van der Waals surface area contributed by atoms with Crippen molar-refractivity contribution in [1.82, 2.24) is 10.2 Å². The van der Waals surface area contributed by atoms with Gasteiger partial charge in [-0.05, 0) is 18.8 Å². The molecule has 0 bridgehead atoms. The second kappa shape index (κ2) is 7.08. The van der Waals surface area contributed by atoms with Gasteiger partial charge in [0.1, 0.15) is 15.9 Å². The van der Waals surface area contributed by atoms with E-state index in [1.165, 1.54) is 4.90 Å². The fourth-order valence-electron chi connectivity index (χ4n) is 2.15. The Bertz CT molecular complexity index is 492. The van der Waals surface area contributed by atoms with Gasteiger partial charge >= 0.3 is 12.0 Å². The number of aliphatic hydroxyl groups excluding tert-OH is 1. The molecule has 3 N–H and O–H groups in total. The van der Waals surface area contributed by atoms with Gasteiger partial charge in [0.15, 0.2) is 0 Å². The Labute approximate surface area is 124 Å². The topological polar surface area (TPSA) is 124 Å². The third-order valence-electron chi connectivity index (χ3n) is 3.52. The zero-order chi connectivity index (χ0) is 16.2. The molecule has 9 heteroatoms. The lowest BCUT2D eigenvalue weighted by atomic mass is 9.97. The molecule has 0 aromatic heterocycles. The van der Waals surface area contributed by atoms with Gasteiger partial charge in [0.05, 0.1) is 11.9 Å². The van der Waals surface area contributed by atoms with Crippen LogP contribution in [0.3, 0.4) is 0 Å². The number of nitrogens with one attached hydrogen (secondary N) is 1. The van der Waals surface area contributed by atoms with Gasteiger partial charge in [-0.3, -0.25) is 0 Å². The van der Waals surface area contributed by atoms with Crippen molar-refractivity contribution in [1.29, 1.82) is 0 Å². The van der Waals surface area contributed by atoms with Gasteiger partial charge in [-0.1, -0.05) is 6.92 Å². The van der Waals surface area contributed by atoms with Crippen molar-refractivity contribution < 1.29 is 28.2 Å². The number of aliphatic hydroxyl groups is 1. The molecule has 1 heterocycles. The molecule has 0 spiro atoms. The Morgan fingerprint density at radius 3 is 2.52 bits per heavy atom. The number of aliphatic carboxylic acids is 1. The molecule has 0 saturated carbocycles. The number of carbonyl (C=O) groups excluding carboxylic acids is 1. The number of nitrogens with zero attached hydrogens (tertiary/aromatic N) is 1. The normalized spacial score (nSPS) is 24.4. The maximum Gasteiger partial charge on any atom is 0.326 e. The Hall–Kier alpha value is -1.35. The van der Waals surface area contributed by atoms with E-state index in [9.17, 15) is 23.1 Å². The summed E-state index contributed by atoms with van der Waals surface area (Å²) in [5.74, 6) is -1.65. The highest BCUT2D eigenvalue weighted by atomic mass is 32.2. The molecule has 122 valence electrons. The monoisotopic (exact) mass is 322 g/mol. The SMILES string of the molecule is CC1CN(C(=O)NC(CCS(C)(=O)=O)C(=O)O)CCC1O. The first kappa shape index (κ1) is 17.7. The van der Waals surface area contributed by atoms with Gasteiger partial charge in [-0.15, -0.1) is 0 Å². The zero-order valence-corrected chi connectivity index (χ0v) is 13.0. The van der Waals surface area contributed by atoms with E-state index < -0.39 is 34.0 Å². The van der Waals surface area contributed by atoms with Crippen molar-refractivity contribution in [2.45, 2.75) is 31.9 Å². The standard InChI is InChI=1S/C12H22N2O6S/c1-8-7-14(5-3-10(8)15)12(18)13-9(11(16)17)4-6-21(2,19)20/h8-10,15H,3-7H2,1-2H3,(H,13,18)(H,16,17). The van der Waals surface area contributed by atoms with Crippen LogP contribution in [0.5, 0.6) is 0 Å². The first-order chi connectivity index (χ1) is 9.60. The van der Waals surface area contributed by atoms with Gasteiger partial charge in [0.2, 0.25) is 0 Å². The lowest BCUT2D eigenvalue weighted by molar-refractivity contribution is -0.139. The van der Waals surface area contributed by atoms with Crippen LogP contribution in [0, 0.1) is 5.92 Å². The molecule has 8 nitrogen and oxygen atoms in total. The minimum atomic E-state index is -3.29. The average molecular weight is 322 g/mol. The number of likely N-dealkylation sites (tertiary alicyclic amines) is 1. The van der Waals surface area contributed by atoms with Gasteiger partial charge < -0.3 is 20.4 Å². The number of rotatable bonds is 5. The lowest BCUT2D eigenvalue weighted by Crippen LogP contribution is -2.53. The van der Waals surface area contributed by atoms with Crippen LogP contribution in [0.4, 0.5) is 4.79 Å². The molecule has 1 saturated heterocycles. The molecule has 1 fully saturated rings. The quantitative estimate of drug-likeness (QED) is 0.614. The van der Waals surface area contributed by atoms with Crippen molar-refractivity contribution in [2.75, 3.05) is 25.1 Å². The first-order valence-electron chi connectivity index (χ1n) is 6.74. The molecule has 0 aromatic carbocycles. The summed E-state index contributed by atoms with van der Waals surface area (Å²) in [6.07, 6.45) is 0.817. The molecule has 3 unspecified atom stereocenters. The van der Waals surface area contributed by atoms with Gasteiger partial charge in [0.25, 0.3) is 0 Å². The minimum absolute atomic E-state index is 0.0798. The fourth-order valence-corrected chi connectivity index (χ4v) is 2.81. The second-order valence-corrected chi connectivity index (χ2v) is 7.80. The van der Waals surface area contributed by atoms with E-state index in [1.807, 2.05) is 6.92 Å². The molecular formula is C12H22N2O6S. The van der Waals surface area contributed by atoms with E-state index >= 15 is 0 Å². The van der Waals surface area contributed by atoms with E-state index in [-0.39, 0.29) is 18.1 Å². The van der Waals surface area contributed by atoms with E-state index in [1.54, 1.807) is 0 Å². The highest BCUT2D eigenvalue weighted by molar-refractivity contribution is 7.90. The van der Waals surface area contributed by atoms with Crippen molar-refractivity contribution in [3.05, 3.63) is 0 Å². The predicted molar refractivity (Wildman–Crippen MR) is 75.6 cm³/mol. The second-order valence-electron chi connectivity index (χ2n) is 5.54. The Kier molecular flexibility index (Phi) is 5.97. The molecule has 1 aliphatic heterocycles. The number of piperidine rings is 1. The molecule has 0 radical (unpaired) electrons. The number of carbonyl (C=O) groups is 2. The Balaban J connectivity index is 2.58. The van der Waals surface area contributed by atoms with Crippen LogP contribution in [0.15, 0.2) is 0 Å². The summed E-state index contributed by atoms with van der Waals surface area (Å²) in [7, 11) is -3.29. The summed E-state index contributed by atoms with van der Waals surface area (Å²) < 4.78 is 22.2. The number of carboxylic acid groups (broad SMARTS) is 1. The number of hydrogen-bond donors (Lipinski definition) is 3. The zero-order valence-electron chi connectivity index (χ0n) is 12.2. The predicted octanol–water partition coefficient (Wildman–Crippen LogP) is -0.713. The lowest BCUT2D eigenvalue weighted by Gasteiger charge is -2.34. The third kappa shape index (κ3) is 5.88. The number of urea groups is 1. The number of amides is 2. The Morgan fingerprint density at radius 2 is 2.05 bits per heavy atom. The number of carboxylic acids is 1. The Morgan fingerprint density at radius 1 is 1.43 bits per heavy atom. The van der Waals surface area contributed by atoms with Crippen LogP contribution in [-0.2, 0) is 14.6 Å². The summed E-state index contributed by atoms with van der Waals surface area (Å²) in [6.45, 7) is 2.49. The smallest absolute Gasteiger partial charge is 0.326 e. The van der Waals surface area contributed by atoms with Crippen molar-refractivity contribution in [3.63, 3.8) is 0 Å². The van der Waals surface area contributed by atoms with Crippen LogP contribution < -0.4 is 5.32 Å². The van der Waals surface area contributed by atoms with E-state index in [2.05, 4.69) is 5.32 Å². The number of hydrogen-bond acceptors (Lipinski definition) is 5. The largest absolute Gasteiger partial charge is 0.480 e. The fraction of sp³-hybridized carbons (Fsp3) is 0.833. The van der Waals surface area contributed by atoms with E-state index in [4.69, 9.17) is 5.11 Å². The molecule has 1 rings (SSSR count). The maximum atomic E-state index is 12.0. The first-order valence-corrected chi connectivity index (χ1v) is 8.80. The van der Waals surface area contributed by atoms with E-state index in [0.29, 0.717) is 19.5 Å². The third-order valence-corrected chi connectivity index (χ3v) is 4.50. The molecular weight excluding hydrogens is 300 g/mol. The van der Waals surface area contributed by atoms with Crippen LogP contribution in [0.2, 0.25) is 0 Å². The summed E-state index contributed by atoms with van der Waals surface area (Å²) in [6, 6.07) is -1.79. The summed E-state index contributed by atoms with van der Waals surface area (Å²) >= 11 is 0. The molecule has 21 heavy (non-hydrogen) atoms. The average Bonchev–Trinajstić information content (AvgIpc) is 2.36. The number of sulfone groups is 1. The summed E-state index contributed by atoms with van der Waals surface area (Å²) in [5, 5.41) is 21.0. The molecule has 0 aromatic rings.